The Bertz CT molecular complexity index is 515. The van der Waals surface area contributed by atoms with E-state index in [1.807, 2.05) is 31.2 Å². The van der Waals surface area contributed by atoms with E-state index in [2.05, 4.69) is 10.6 Å². The van der Waals surface area contributed by atoms with Gasteiger partial charge in [-0.3, -0.25) is 0 Å². The number of methoxy groups -OCH3 is 1. The number of carbonyl (C=O) groups excluding carboxylic acids is 1. The number of rotatable bonds is 8. The number of aliphatic hydroxyl groups is 1. The Morgan fingerprint density at radius 1 is 1.35 bits per heavy atom. The minimum atomic E-state index is -0.687. The summed E-state index contributed by atoms with van der Waals surface area (Å²) in [6, 6.07) is 7.44. The second kappa shape index (κ2) is 8.31. The largest absolute Gasteiger partial charge is 0.387 e. The van der Waals surface area contributed by atoms with E-state index < -0.39 is 6.10 Å². The monoisotopic (exact) mass is 320 g/mol. The van der Waals surface area contributed by atoms with Crippen molar-refractivity contribution in [2.45, 2.75) is 38.7 Å². The molecule has 0 spiro atoms. The summed E-state index contributed by atoms with van der Waals surface area (Å²) in [7, 11) is 1.71. The first-order valence-corrected chi connectivity index (χ1v) is 8.30. The smallest absolute Gasteiger partial charge is 0.314 e. The molecule has 0 radical (unpaired) electrons. The van der Waals surface area contributed by atoms with Gasteiger partial charge in [-0.25, -0.2) is 4.79 Å². The van der Waals surface area contributed by atoms with Crippen LogP contribution in [0.3, 0.4) is 0 Å². The van der Waals surface area contributed by atoms with Crippen molar-refractivity contribution in [1.29, 1.82) is 0 Å². The van der Waals surface area contributed by atoms with Crippen molar-refractivity contribution in [1.82, 2.24) is 10.6 Å². The van der Waals surface area contributed by atoms with Crippen molar-refractivity contribution < 1.29 is 14.6 Å². The van der Waals surface area contributed by atoms with Crippen LogP contribution in [0.1, 0.15) is 42.9 Å². The Labute approximate surface area is 138 Å². The third-order valence-electron chi connectivity index (χ3n) is 4.88. The van der Waals surface area contributed by atoms with Crippen LogP contribution in [0.2, 0.25) is 0 Å². The summed E-state index contributed by atoms with van der Waals surface area (Å²) >= 11 is 0. The fraction of sp³-hybridized carbons (Fsp3) is 0.611. The molecule has 3 N–H and O–H groups in total. The first kappa shape index (κ1) is 17.8. The number of nitrogens with one attached hydrogen (secondary N) is 2. The highest BCUT2D eigenvalue weighted by Crippen LogP contribution is 2.43. The SMILES string of the molecule is COCCC1(CNC(=O)NCC(O)c2ccccc2C)CCC1. The van der Waals surface area contributed by atoms with Gasteiger partial charge in [0.25, 0.3) is 0 Å². The standard InChI is InChI=1S/C18H28N2O3/c1-14-6-3-4-7-15(14)16(21)12-19-17(22)20-13-18(8-5-9-18)10-11-23-2/h3-4,6-7,16,21H,5,8-13H2,1-2H3,(H2,19,20,22). The lowest BCUT2D eigenvalue weighted by molar-refractivity contribution is 0.0710. The number of benzene rings is 1. The van der Waals surface area contributed by atoms with Crippen LogP contribution in [0.15, 0.2) is 24.3 Å². The van der Waals surface area contributed by atoms with Crippen molar-refractivity contribution in [2.24, 2.45) is 5.41 Å². The Kier molecular flexibility index (Phi) is 6.42. The predicted octanol–water partition coefficient (Wildman–Crippen LogP) is 2.53. The van der Waals surface area contributed by atoms with E-state index in [-0.39, 0.29) is 18.0 Å². The second-order valence-corrected chi connectivity index (χ2v) is 6.53. The third kappa shape index (κ3) is 4.94. The van der Waals surface area contributed by atoms with Gasteiger partial charge in [-0.15, -0.1) is 0 Å². The molecule has 0 aliphatic heterocycles. The number of hydrogen-bond donors (Lipinski definition) is 3. The number of amides is 2. The molecule has 23 heavy (non-hydrogen) atoms. The molecule has 0 bridgehead atoms. The summed E-state index contributed by atoms with van der Waals surface area (Å²) in [6.07, 6.45) is 3.80. The molecule has 128 valence electrons. The van der Waals surface area contributed by atoms with Crippen LogP contribution in [0.25, 0.3) is 0 Å². The molecule has 5 heteroatoms. The first-order valence-electron chi connectivity index (χ1n) is 8.30. The van der Waals surface area contributed by atoms with E-state index in [9.17, 15) is 9.90 Å². The molecule has 0 aromatic heterocycles. The number of urea groups is 1. The fourth-order valence-electron chi connectivity index (χ4n) is 3.10. The summed E-state index contributed by atoms with van der Waals surface area (Å²) in [5.41, 5.74) is 2.07. The normalized spacial score (nSPS) is 17.2. The van der Waals surface area contributed by atoms with Gasteiger partial charge in [0.15, 0.2) is 0 Å². The molecular weight excluding hydrogens is 292 g/mol. The van der Waals surface area contributed by atoms with Crippen molar-refractivity contribution in [3.8, 4) is 0 Å². The van der Waals surface area contributed by atoms with Gasteiger partial charge in [0.1, 0.15) is 0 Å². The van der Waals surface area contributed by atoms with Crippen molar-refractivity contribution >= 4 is 6.03 Å². The Balaban J connectivity index is 1.74. The van der Waals surface area contributed by atoms with Crippen molar-refractivity contribution in [3.63, 3.8) is 0 Å². The molecule has 1 aromatic carbocycles. The highest BCUT2D eigenvalue weighted by molar-refractivity contribution is 5.73. The van der Waals surface area contributed by atoms with Gasteiger partial charge in [-0.05, 0) is 42.7 Å². The van der Waals surface area contributed by atoms with E-state index >= 15 is 0 Å². The van der Waals surface area contributed by atoms with Crippen LogP contribution in [0.4, 0.5) is 4.79 Å². The molecule has 5 nitrogen and oxygen atoms in total. The summed E-state index contributed by atoms with van der Waals surface area (Å²) in [5.74, 6) is 0. The first-order chi connectivity index (χ1) is 11.1. The number of ether oxygens (including phenoxy) is 1. The highest BCUT2D eigenvalue weighted by atomic mass is 16.5. The summed E-state index contributed by atoms with van der Waals surface area (Å²) in [6.45, 7) is 3.56. The molecule has 1 aliphatic carbocycles. The van der Waals surface area contributed by atoms with Crippen LogP contribution in [-0.4, -0.2) is 37.9 Å². The predicted molar refractivity (Wildman–Crippen MR) is 90.3 cm³/mol. The van der Waals surface area contributed by atoms with Gasteiger partial charge in [-0.2, -0.15) is 0 Å². The van der Waals surface area contributed by atoms with Crippen molar-refractivity contribution in [3.05, 3.63) is 35.4 Å². The number of aryl methyl sites for hydroxylation is 1. The molecule has 1 fully saturated rings. The summed E-state index contributed by atoms with van der Waals surface area (Å²) in [5, 5.41) is 15.9. The lowest BCUT2D eigenvalue weighted by atomic mass is 9.67. The summed E-state index contributed by atoms with van der Waals surface area (Å²) in [4.78, 5) is 12.0. The Morgan fingerprint density at radius 2 is 2.09 bits per heavy atom. The number of hydrogen-bond acceptors (Lipinski definition) is 3. The lowest BCUT2D eigenvalue weighted by Gasteiger charge is -2.42. The fourth-order valence-corrected chi connectivity index (χ4v) is 3.10. The molecule has 1 atom stereocenters. The highest BCUT2D eigenvalue weighted by Gasteiger charge is 2.36. The van der Waals surface area contributed by atoms with Crippen LogP contribution in [0, 0.1) is 12.3 Å². The molecular formula is C18H28N2O3. The Hall–Kier alpha value is -1.59. The van der Waals surface area contributed by atoms with Gasteiger partial charge in [0, 0.05) is 26.8 Å². The van der Waals surface area contributed by atoms with Gasteiger partial charge in [0.05, 0.1) is 6.10 Å². The average molecular weight is 320 g/mol. The van der Waals surface area contributed by atoms with E-state index in [1.165, 1.54) is 6.42 Å². The van der Waals surface area contributed by atoms with E-state index in [0.29, 0.717) is 6.54 Å². The van der Waals surface area contributed by atoms with E-state index in [4.69, 9.17) is 4.74 Å². The Morgan fingerprint density at radius 3 is 2.70 bits per heavy atom. The molecule has 2 amide bonds. The number of carbonyl (C=O) groups is 1. The molecule has 1 saturated carbocycles. The molecule has 1 aromatic rings. The average Bonchev–Trinajstić information content (AvgIpc) is 2.51. The van der Waals surface area contributed by atoms with Gasteiger partial charge in [0.2, 0.25) is 0 Å². The van der Waals surface area contributed by atoms with Crippen LogP contribution < -0.4 is 10.6 Å². The van der Waals surface area contributed by atoms with Gasteiger partial charge >= 0.3 is 6.03 Å². The van der Waals surface area contributed by atoms with Gasteiger partial charge in [-0.1, -0.05) is 30.7 Å². The van der Waals surface area contributed by atoms with Gasteiger partial charge < -0.3 is 20.5 Å². The number of aliphatic hydroxyl groups excluding tert-OH is 1. The maximum absolute atomic E-state index is 12.0. The molecule has 0 heterocycles. The molecule has 1 aliphatic rings. The van der Waals surface area contributed by atoms with Crippen LogP contribution in [-0.2, 0) is 4.74 Å². The zero-order valence-corrected chi connectivity index (χ0v) is 14.1. The minimum Gasteiger partial charge on any atom is -0.387 e. The molecule has 2 rings (SSSR count). The van der Waals surface area contributed by atoms with Crippen LogP contribution >= 0.6 is 0 Å². The molecule has 1 unspecified atom stereocenters. The second-order valence-electron chi connectivity index (χ2n) is 6.53. The maximum atomic E-state index is 12.0. The van der Waals surface area contributed by atoms with E-state index in [0.717, 1.165) is 37.0 Å². The topological polar surface area (TPSA) is 70.6 Å². The van der Waals surface area contributed by atoms with Crippen molar-refractivity contribution in [2.75, 3.05) is 26.8 Å². The van der Waals surface area contributed by atoms with E-state index in [1.54, 1.807) is 7.11 Å². The molecule has 0 saturated heterocycles. The zero-order chi connectivity index (χ0) is 16.7. The third-order valence-corrected chi connectivity index (χ3v) is 4.88. The zero-order valence-electron chi connectivity index (χ0n) is 14.1. The quantitative estimate of drug-likeness (QED) is 0.689. The maximum Gasteiger partial charge on any atom is 0.314 e. The summed E-state index contributed by atoms with van der Waals surface area (Å²) < 4.78 is 5.16. The van der Waals surface area contributed by atoms with Crippen LogP contribution in [0.5, 0.6) is 0 Å². The minimum absolute atomic E-state index is 0.196. The lowest BCUT2D eigenvalue weighted by Crippen LogP contribution is -2.46.